The average molecular weight is 240 g/mol. The molecule has 1 aromatic heterocycles. The summed E-state index contributed by atoms with van der Waals surface area (Å²) in [5.74, 6) is -0.370. The Kier molecular flexibility index (Phi) is 5.69. The van der Waals surface area contributed by atoms with Crippen molar-refractivity contribution in [1.29, 1.82) is 0 Å². The highest BCUT2D eigenvalue weighted by molar-refractivity contribution is 5.90. The minimum atomic E-state index is -0.370. The number of methoxy groups -OCH3 is 1. The number of ether oxygens (including phenoxy) is 2. The summed E-state index contributed by atoms with van der Waals surface area (Å²) in [7, 11) is 3.13. The first-order chi connectivity index (χ1) is 8.19. The molecule has 5 nitrogen and oxygen atoms in total. The van der Waals surface area contributed by atoms with Crippen LogP contribution in [0.1, 0.15) is 42.2 Å². The summed E-state index contributed by atoms with van der Waals surface area (Å²) in [6, 6.07) is 0. The van der Waals surface area contributed by atoms with Gasteiger partial charge in [0.05, 0.1) is 13.7 Å². The van der Waals surface area contributed by atoms with Gasteiger partial charge in [-0.15, -0.1) is 0 Å². The fraction of sp³-hybridized carbons (Fsp3) is 0.667. The fourth-order valence-electron chi connectivity index (χ4n) is 1.54. The predicted octanol–water partition coefficient (Wildman–Crippen LogP) is 1.91. The Morgan fingerprint density at radius 2 is 2.24 bits per heavy atom. The lowest BCUT2D eigenvalue weighted by atomic mass is 10.2. The van der Waals surface area contributed by atoms with Crippen molar-refractivity contribution in [3.63, 3.8) is 0 Å². The number of aryl methyl sites for hydroxylation is 1. The van der Waals surface area contributed by atoms with Crippen LogP contribution in [0.25, 0.3) is 0 Å². The largest absolute Gasteiger partial charge is 0.465 e. The first kappa shape index (κ1) is 13.7. The molecule has 0 spiro atoms. The molecule has 0 bridgehead atoms. The lowest BCUT2D eigenvalue weighted by Gasteiger charge is -2.03. The number of carbonyl (C=O) groups is 1. The van der Waals surface area contributed by atoms with Gasteiger partial charge >= 0.3 is 5.97 Å². The van der Waals surface area contributed by atoms with Crippen LogP contribution >= 0.6 is 0 Å². The number of aromatic nitrogens is 2. The lowest BCUT2D eigenvalue weighted by molar-refractivity contribution is 0.0591. The van der Waals surface area contributed by atoms with Crippen LogP contribution in [0.2, 0.25) is 0 Å². The van der Waals surface area contributed by atoms with Crippen LogP contribution in [0.15, 0.2) is 6.20 Å². The number of unbranched alkanes of at least 4 members (excludes halogenated alkanes) is 2. The molecule has 0 fully saturated rings. The highest BCUT2D eigenvalue weighted by Crippen LogP contribution is 2.09. The van der Waals surface area contributed by atoms with E-state index in [-0.39, 0.29) is 5.97 Å². The zero-order valence-corrected chi connectivity index (χ0v) is 10.7. The van der Waals surface area contributed by atoms with Gasteiger partial charge in [0, 0.05) is 19.9 Å². The third-order valence-electron chi connectivity index (χ3n) is 2.44. The van der Waals surface area contributed by atoms with Gasteiger partial charge in [0.25, 0.3) is 0 Å². The first-order valence-corrected chi connectivity index (χ1v) is 5.87. The number of nitrogens with zero attached hydrogens (tertiary/aromatic N) is 2. The van der Waals surface area contributed by atoms with Gasteiger partial charge in [0.15, 0.2) is 0 Å². The van der Waals surface area contributed by atoms with E-state index in [4.69, 9.17) is 4.74 Å². The van der Waals surface area contributed by atoms with E-state index in [1.54, 1.807) is 17.9 Å². The van der Waals surface area contributed by atoms with Crippen molar-refractivity contribution in [2.45, 2.75) is 32.8 Å². The summed E-state index contributed by atoms with van der Waals surface area (Å²) < 4.78 is 11.8. The number of carbonyl (C=O) groups excluding carboxylic acids is 1. The van der Waals surface area contributed by atoms with E-state index in [0.29, 0.717) is 24.5 Å². The molecule has 1 aromatic rings. The van der Waals surface area contributed by atoms with Crippen LogP contribution in [0.3, 0.4) is 0 Å². The summed E-state index contributed by atoms with van der Waals surface area (Å²) in [5.41, 5.74) is 1.11. The Balaban J connectivity index is 2.49. The SMILES string of the molecule is CCCCCOCc1nn(C)cc1C(=O)OC. The first-order valence-electron chi connectivity index (χ1n) is 5.87. The van der Waals surface area contributed by atoms with Crippen LogP contribution in [0.5, 0.6) is 0 Å². The zero-order chi connectivity index (χ0) is 12.7. The van der Waals surface area contributed by atoms with Crippen LogP contribution in [-0.4, -0.2) is 29.5 Å². The van der Waals surface area contributed by atoms with Gasteiger partial charge < -0.3 is 9.47 Å². The fourth-order valence-corrected chi connectivity index (χ4v) is 1.54. The smallest absolute Gasteiger partial charge is 0.341 e. The molecule has 0 aliphatic heterocycles. The van der Waals surface area contributed by atoms with Crippen molar-refractivity contribution < 1.29 is 14.3 Å². The maximum atomic E-state index is 11.5. The summed E-state index contributed by atoms with van der Waals surface area (Å²) >= 11 is 0. The normalized spacial score (nSPS) is 10.5. The third kappa shape index (κ3) is 4.19. The molecule has 0 aliphatic carbocycles. The number of rotatable bonds is 7. The Labute approximate surface area is 102 Å². The number of esters is 1. The molecule has 0 radical (unpaired) electrons. The molecule has 17 heavy (non-hydrogen) atoms. The second-order valence-corrected chi connectivity index (χ2v) is 3.91. The van der Waals surface area contributed by atoms with E-state index < -0.39 is 0 Å². The third-order valence-corrected chi connectivity index (χ3v) is 2.44. The Hall–Kier alpha value is -1.36. The van der Waals surface area contributed by atoms with E-state index in [2.05, 4.69) is 16.8 Å². The molecule has 0 unspecified atom stereocenters. The maximum Gasteiger partial charge on any atom is 0.341 e. The van der Waals surface area contributed by atoms with Crippen LogP contribution in [-0.2, 0) is 23.1 Å². The van der Waals surface area contributed by atoms with Crippen molar-refractivity contribution in [2.75, 3.05) is 13.7 Å². The van der Waals surface area contributed by atoms with E-state index in [0.717, 1.165) is 12.8 Å². The summed E-state index contributed by atoms with van der Waals surface area (Å²) in [4.78, 5) is 11.5. The van der Waals surface area contributed by atoms with E-state index in [1.807, 2.05) is 0 Å². The van der Waals surface area contributed by atoms with Gasteiger partial charge in [-0.2, -0.15) is 5.10 Å². The topological polar surface area (TPSA) is 53.4 Å². The Morgan fingerprint density at radius 1 is 1.47 bits per heavy atom. The molecule has 5 heteroatoms. The van der Waals surface area contributed by atoms with Gasteiger partial charge in [0.1, 0.15) is 11.3 Å². The molecule has 0 N–H and O–H groups in total. The average Bonchev–Trinajstić information content (AvgIpc) is 2.69. The molecule has 0 amide bonds. The highest BCUT2D eigenvalue weighted by Gasteiger charge is 2.15. The van der Waals surface area contributed by atoms with Crippen molar-refractivity contribution in [3.05, 3.63) is 17.5 Å². The van der Waals surface area contributed by atoms with Crippen molar-refractivity contribution >= 4 is 5.97 Å². The quantitative estimate of drug-likeness (QED) is 0.539. The van der Waals surface area contributed by atoms with Gasteiger partial charge in [0.2, 0.25) is 0 Å². The van der Waals surface area contributed by atoms with E-state index in [9.17, 15) is 4.79 Å². The monoisotopic (exact) mass is 240 g/mol. The molecule has 0 aromatic carbocycles. The summed E-state index contributed by atoms with van der Waals surface area (Å²) in [6.07, 6.45) is 5.01. The summed E-state index contributed by atoms with van der Waals surface area (Å²) in [5, 5.41) is 4.19. The molecular weight excluding hydrogens is 220 g/mol. The lowest BCUT2D eigenvalue weighted by Crippen LogP contribution is -2.05. The molecule has 1 rings (SSSR count). The van der Waals surface area contributed by atoms with Crippen molar-refractivity contribution in [2.24, 2.45) is 7.05 Å². The van der Waals surface area contributed by atoms with Crippen LogP contribution in [0.4, 0.5) is 0 Å². The number of hydrogen-bond donors (Lipinski definition) is 0. The van der Waals surface area contributed by atoms with Crippen LogP contribution < -0.4 is 0 Å². The molecule has 0 saturated heterocycles. The second kappa shape index (κ2) is 7.06. The molecule has 0 saturated carbocycles. The highest BCUT2D eigenvalue weighted by atomic mass is 16.5. The maximum absolute atomic E-state index is 11.5. The zero-order valence-electron chi connectivity index (χ0n) is 10.7. The molecule has 96 valence electrons. The second-order valence-electron chi connectivity index (χ2n) is 3.91. The molecular formula is C12H20N2O3. The minimum Gasteiger partial charge on any atom is -0.465 e. The molecule has 0 aliphatic rings. The van der Waals surface area contributed by atoms with Gasteiger partial charge in [-0.05, 0) is 6.42 Å². The van der Waals surface area contributed by atoms with Crippen molar-refractivity contribution in [3.8, 4) is 0 Å². The van der Waals surface area contributed by atoms with Crippen LogP contribution in [0, 0.1) is 0 Å². The van der Waals surface area contributed by atoms with E-state index >= 15 is 0 Å². The van der Waals surface area contributed by atoms with Gasteiger partial charge in [-0.25, -0.2) is 4.79 Å². The Bertz CT molecular complexity index is 361. The molecule has 1 heterocycles. The standard InChI is InChI=1S/C12H20N2O3/c1-4-5-6-7-17-9-11-10(12(15)16-3)8-14(2)13-11/h8H,4-7,9H2,1-3H3. The van der Waals surface area contributed by atoms with E-state index in [1.165, 1.54) is 13.5 Å². The predicted molar refractivity (Wildman–Crippen MR) is 63.7 cm³/mol. The number of hydrogen-bond acceptors (Lipinski definition) is 4. The molecule has 0 atom stereocenters. The van der Waals surface area contributed by atoms with Crippen molar-refractivity contribution in [1.82, 2.24) is 9.78 Å². The van der Waals surface area contributed by atoms with Gasteiger partial charge in [-0.1, -0.05) is 19.8 Å². The summed E-state index contributed by atoms with van der Waals surface area (Å²) in [6.45, 7) is 3.20. The van der Waals surface area contributed by atoms with Gasteiger partial charge in [-0.3, -0.25) is 4.68 Å². The Morgan fingerprint density at radius 3 is 2.88 bits per heavy atom. The minimum absolute atomic E-state index is 0.356.